The molecule has 2 N–H and O–H groups in total. The van der Waals surface area contributed by atoms with Gasteiger partial charge in [-0.1, -0.05) is 0 Å². The number of nitrogens with one attached hydrogen (secondary N) is 2. The standard InChI is InChI=1S/C14H17N5O3/c1-22-7-12(20)19-3-2-9(6-19)18-14(21)10-4-16-11-5-15-8-17-13(10)11/h4-5,8-9,16H,2-3,6-7H2,1H3,(H,18,21)/t9-/m1/s1. The van der Waals surface area contributed by atoms with Crippen molar-refractivity contribution in [3.05, 3.63) is 24.3 Å². The molecule has 8 nitrogen and oxygen atoms in total. The average molecular weight is 303 g/mol. The Kier molecular flexibility index (Phi) is 4.01. The second-order valence-electron chi connectivity index (χ2n) is 5.22. The van der Waals surface area contributed by atoms with Gasteiger partial charge in [-0.15, -0.1) is 0 Å². The highest BCUT2D eigenvalue weighted by molar-refractivity contribution is 6.05. The molecule has 0 bridgehead atoms. The molecule has 1 aliphatic heterocycles. The van der Waals surface area contributed by atoms with Crippen molar-refractivity contribution < 1.29 is 14.3 Å². The lowest BCUT2D eigenvalue weighted by Gasteiger charge is -2.16. The maximum absolute atomic E-state index is 12.4. The first kappa shape index (κ1) is 14.5. The Bertz CT molecular complexity index is 699. The Labute approximate surface area is 126 Å². The molecule has 0 unspecified atom stereocenters. The van der Waals surface area contributed by atoms with Gasteiger partial charge in [-0.25, -0.2) is 9.97 Å². The van der Waals surface area contributed by atoms with Crippen LogP contribution in [0.4, 0.5) is 0 Å². The molecular weight excluding hydrogens is 286 g/mol. The number of likely N-dealkylation sites (tertiary alicyclic amines) is 1. The number of aromatic amines is 1. The van der Waals surface area contributed by atoms with Gasteiger partial charge in [0.05, 0.1) is 17.3 Å². The highest BCUT2D eigenvalue weighted by atomic mass is 16.5. The van der Waals surface area contributed by atoms with Crippen LogP contribution in [0, 0.1) is 0 Å². The summed E-state index contributed by atoms with van der Waals surface area (Å²) in [5.74, 6) is -0.255. The molecule has 3 rings (SSSR count). The van der Waals surface area contributed by atoms with Crippen LogP contribution < -0.4 is 5.32 Å². The van der Waals surface area contributed by atoms with Crippen LogP contribution in [0.1, 0.15) is 16.8 Å². The van der Waals surface area contributed by atoms with E-state index in [0.29, 0.717) is 24.2 Å². The first-order valence-electron chi connectivity index (χ1n) is 7.03. The third kappa shape index (κ3) is 2.77. The average Bonchev–Trinajstić information content (AvgIpc) is 3.14. The Hall–Kier alpha value is -2.48. The Morgan fingerprint density at radius 1 is 1.55 bits per heavy atom. The number of carbonyl (C=O) groups is 2. The van der Waals surface area contributed by atoms with E-state index >= 15 is 0 Å². The fraction of sp³-hybridized carbons (Fsp3) is 0.429. The quantitative estimate of drug-likeness (QED) is 0.824. The van der Waals surface area contributed by atoms with Crippen LogP contribution in [0.3, 0.4) is 0 Å². The lowest BCUT2D eigenvalue weighted by molar-refractivity contribution is -0.134. The summed E-state index contributed by atoms with van der Waals surface area (Å²) in [6.07, 6.45) is 5.39. The number of carbonyl (C=O) groups excluding carboxylic acids is 2. The van der Waals surface area contributed by atoms with E-state index in [0.717, 1.165) is 11.9 Å². The number of rotatable bonds is 4. The number of fused-ring (bicyclic) bond motifs is 1. The third-order valence-electron chi connectivity index (χ3n) is 3.73. The number of amides is 2. The normalized spacial score (nSPS) is 17.9. The molecule has 0 radical (unpaired) electrons. The zero-order chi connectivity index (χ0) is 15.5. The minimum atomic E-state index is -0.198. The molecule has 1 aliphatic rings. The van der Waals surface area contributed by atoms with Crippen LogP contribution in [-0.2, 0) is 9.53 Å². The molecule has 22 heavy (non-hydrogen) atoms. The van der Waals surface area contributed by atoms with Crippen LogP contribution in [0.25, 0.3) is 11.0 Å². The van der Waals surface area contributed by atoms with Crippen molar-refractivity contribution in [2.75, 3.05) is 26.8 Å². The Balaban J connectivity index is 1.64. The van der Waals surface area contributed by atoms with Crippen molar-refractivity contribution in [2.24, 2.45) is 0 Å². The highest BCUT2D eigenvalue weighted by Crippen LogP contribution is 2.15. The maximum atomic E-state index is 12.4. The topological polar surface area (TPSA) is 100 Å². The van der Waals surface area contributed by atoms with Crippen LogP contribution in [-0.4, -0.2) is 64.5 Å². The van der Waals surface area contributed by atoms with Gasteiger partial charge in [-0.3, -0.25) is 9.59 Å². The fourth-order valence-electron chi connectivity index (χ4n) is 2.62. The van der Waals surface area contributed by atoms with Gasteiger partial charge in [0.2, 0.25) is 5.91 Å². The van der Waals surface area contributed by atoms with E-state index in [1.54, 1.807) is 17.3 Å². The first-order chi connectivity index (χ1) is 10.7. The molecule has 0 saturated carbocycles. The van der Waals surface area contributed by atoms with Crippen molar-refractivity contribution in [1.29, 1.82) is 0 Å². The molecule has 2 amide bonds. The molecule has 0 aliphatic carbocycles. The van der Waals surface area contributed by atoms with E-state index in [1.165, 1.54) is 13.4 Å². The number of hydrogen-bond donors (Lipinski definition) is 2. The number of hydrogen-bond acceptors (Lipinski definition) is 5. The van der Waals surface area contributed by atoms with Crippen molar-refractivity contribution in [1.82, 2.24) is 25.2 Å². The van der Waals surface area contributed by atoms with E-state index < -0.39 is 0 Å². The molecule has 1 atom stereocenters. The zero-order valence-electron chi connectivity index (χ0n) is 12.2. The van der Waals surface area contributed by atoms with Crippen LogP contribution in [0.2, 0.25) is 0 Å². The monoisotopic (exact) mass is 303 g/mol. The number of methoxy groups -OCH3 is 1. The summed E-state index contributed by atoms with van der Waals surface area (Å²) < 4.78 is 4.84. The number of ether oxygens (including phenoxy) is 1. The van der Waals surface area contributed by atoms with Crippen LogP contribution in [0.15, 0.2) is 18.7 Å². The van der Waals surface area contributed by atoms with E-state index in [-0.39, 0.29) is 24.5 Å². The molecule has 2 aromatic rings. The molecule has 3 heterocycles. The second-order valence-corrected chi connectivity index (χ2v) is 5.22. The third-order valence-corrected chi connectivity index (χ3v) is 3.73. The van der Waals surface area contributed by atoms with Crippen molar-refractivity contribution in [3.8, 4) is 0 Å². The largest absolute Gasteiger partial charge is 0.375 e. The minimum Gasteiger partial charge on any atom is -0.375 e. The maximum Gasteiger partial charge on any atom is 0.255 e. The lowest BCUT2D eigenvalue weighted by atomic mass is 10.2. The van der Waals surface area contributed by atoms with Crippen LogP contribution >= 0.6 is 0 Å². The Morgan fingerprint density at radius 2 is 2.41 bits per heavy atom. The van der Waals surface area contributed by atoms with Crippen molar-refractivity contribution in [2.45, 2.75) is 12.5 Å². The van der Waals surface area contributed by atoms with Gasteiger partial charge in [-0.2, -0.15) is 0 Å². The molecule has 1 saturated heterocycles. The first-order valence-corrected chi connectivity index (χ1v) is 7.03. The van der Waals surface area contributed by atoms with Crippen molar-refractivity contribution in [3.63, 3.8) is 0 Å². The summed E-state index contributed by atoms with van der Waals surface area (Å²) in [7, 11) is 1.49. The highest BCUT2D eigenvalue weighted by Gasteiger charge is 2.28. The van der Waals surface area contributed by atoms with Crippen LogP contribution in [0.5, 0.6) is 0 Å². The zero-order valence-corrected chi connectivity index (χ0v) is 12.2. The SMILES string of the molecule is COCC(=O)N1CC[C@@H](NC(=O)c2c[nH]c3cncnc23)C1. The van der Waals surface area contributed by atoms with Gasteiger partial charge in [0, 0.05) is 32.4 Å². The predicted octanol–water partition coefficient (Wildman–Crippen LogP) is -0.0650. The summed E-state index contributed by atoms with van der Waals surface area (Å²) in [4.78, 5) is 36.8. The van der Waals surface area contributed by atoms with Gasteiger partial charge in [0.25, 0.3) is 5.91 Å². The van der Waals surface area contributed by atoms with E-state index in [1.807, 2.05) is 0 Å². The van der Waals surface area contributed by atoms with Crippen molar-refractivity contribution >= 4 is 22.8 Å². The fourth-order valence-corrected chi connectivity index (χ4v) is 2.62. The van der Waals surface area contributed by atoms with E-state index in [9.17, 15) is 9.59 Å². The summed E-state index contributed by atoms with van der Waals surface area (Å²) in [6.45, 7) is 1.20. The van der Waals surface area contributed by atoms with Gasteiger partial charge >= 0.3 is 0 Å². The summed E-state index contributed by atoms with van der Waals surface area (Å²) in [5.41, 5.74) is 1.80. The molecule has 0 spiro atoms. The summed E-state index contributed by atoms with van der Waals surface area (Å²) >= 11 is 0. The molecule has 1 fully saturated rings. The van der Waals surface area contributed by atoms with E-state index in [2.05, 4.69) is 20.3 Å². The molecule has 2 aromatic heterocycles. The van der Waals surface area contributed by atoms with Gasteiger partial charge in [0.1, 0.15) is 18.5 Å². The smallest absolute Gasteiger partial charge is 0.255 e. The predicted molar refractivity (Wildman–Crippen MR) is 78.2 cm³/mol. The summed E-state index contributed by atoms with van der Waals surface area (Å²) in [5, 5.41) is 2.95. The summed E-state index contributed by atoms with van der Waals surface area (Å²) in [6, 6.07) is -0.0555. The van der Waals surface area contributed by atoms with E-state index in [4.69, 9.17) is 4.74 Å². The van der Waals surface area contributed by atoms with Gasteiger partial charge < -0.3 is 19.9 Å². The number of nitrogens with zero attached hydrogens (tertiary/aromatic N) is 3. The molecule has 116 valence electrons. The second kappa shape index (κ2) is 6.10. The van der Waals surface area contributed by atoms with Gasteiger partial charge in [-0.05, 0) is 6.42 Å². The molecular formula is C14H17N5O3. The Morgan fingerprint density at radius 3 is 3.23 bits per heavy atom. The number of aromatic nitrogens is 3. The minimum absolute atomic E-state index is 0.0555. The lowest BCUT2D eigenvalue weighted by Crippen LogP contribution is -2.39. The molecule has 0 aromatic carbocycles. The number of H-pyrrole nitrogens is 1. The van der Waals surface area contributed by atoms with Gasteiger partial charge in [0.15, 0.2) is 0 Å². The molecule has 8 heteroatoms.